The highest BCUT2D eigenvalue weighted by Gasteiger charge is 2.26. The molecule has 1 N–H and O–H groups in total. The van der Waals surface area contributed by atoms with E-state index in [1.54, 1.807) is 11.2 Å². The Kier molecular flexibility index (Phi) is 7.19. The van der Waals surface area contributed by atoms with Crippen molar-refractivity contribution in [1.29, 1.82) is 0 Å². The van der Waals surface area contributed by atoms with Crippen LogP contribution in [0.15, 0.2) is 0 Å². The lowest BCUT2D eigenvalue weighted by Gasteiger charge is -2.24. The van der Waals surface area contributed by atoms with E-state index in [1.807, 2.05) is 27.7 Å². The average Bonchev–Trinajstić information content (AvgIpc) is 2.21. The van der Waals surface area contributed by atoms with Gasteiger partial charge in [0.2, 0.25) is 10.0 Å². The highest BCUT2D eigenvalue weighted by molar-refractivity contribution is 7.89. The summed E-state index contributed by atoms with van der Waals surface area (Å²) in [5, 5.41) is 2.81. The Labute approximate surface area is 100 Å². The third-order valence-corrected chi connectivity index (χ3v) is 4.85. The Bertz CT molecular complexity index is 276. The topological polar surface area (TPSA) is 49.4 Å². The van der Waals surface area contributed by atoms with Crippen molar-refractivity contribution in [3.05, 3.63) is 0 Å². The van der Waals surface area contributed by atoms with Crippen molar-refractivity contribution in [2.75, 3.05) is 19.6 Å². The molecule has 4 nitrogen and oxygen atoms in total. The molecule has 0 aromatic carbocycles. The number of sulfonamides is 1. The largest absolute Gasteiger partial charge is 0.313 e. The quantitative estimate of drug-likeness (QED) is 0.709. The first-order chi connectivity index (χ1) is 7.36. The second-order valence-electron chi connectivity index (χ2n) is 4.41. The highest BCUT2D eigenvalue weighted by atomic mass is 32.2. The first-order valence-corrected chi connectivity index (χ1v) is 7.58. The molecule has 0 saturated carbocycles. The van der Waals surface area contributed by atoms with E-state index in [-0.39, 0.29) is 5.25 Å². The molecule has 98 valence electrons. The molecule has 0 rings (SSSR count). The first-order valence-electron chi connectivity index (χ1n) is 6.08. The Morgan fingerprint density at radius 1 is 1.19 bits per heavy atom. The number of nitrogens with zero attached hydrogens (tertiary/aromatic N) is 1. The van der Waals surface area contributed by atoms with E-state index in [2.05, 4.69) is 5.32 Å². The van der Waals surface area contributed by atoms with Crippen LogP contribution in [0.5, 0.6) is 0 Å². The van der Waals surface area contributed by atoms with Gasteiger partial charge in [0.25, 0.3) is 0 Å². The van der Waals surface area contributed by atoms with E-state index >= 15 is 0 Å². The maximum atomic E-state index is 12.2. The van der Waals surface area contributed by atoms with Crippen LogP contribution in [-0.4, -0.2) is 43.6 Å². The molecule has 1 atom stereocenters. The molecule has 0 fully saturated rings. The minimum atomic E-state index is -3.14. The maximum Gasteiger partial charge on any atom is 0.217 e. The van der Waals surface area contributed by atoms with Crippen molar-refractivity contribution in [2.45, 2.75) is 52.3 Å². The van der Waals surface area contributed by atoms with Gasteiger partial charge in [-0.05, 0) is 13.3 Å². The van der Waals surface area contributed by atoms with Crippen LogP contribution in [-0.2, 0) is 10.0 Å². The van der Waals surface area contributed by atoms with E-state index in [4.69, 9.17) is 0 Å². The van der Waals surface area contributed by atoms with Crippen LogP contribution in [0.1, 0.15) is 41.0 Å². The summed E-state index contributed by atoms with van der Waals surface area (Å²) in [6.07, 6.45) is 0.859. The zero-order chi connectivity index (χ0) is 12.8. The van der Waals surface area contributed by atoms with Gasteiger partial charge in [-0.2, -0.15) is 0 Å². The summed E-state index contributed by atoms with van der Waals surface area (Å²) in [4.78, 5) is 0. The molecule has 0 heterocycles. The van der Waals surface area contributed by atoms with Crippen molar-refractivity contribution in [3.8, 4) is 0 Å². The summed E-state index contributed by atoms with van der Waals surface area (Å²) in [6, 6.07) is 0.318. The van der Waals surface area contributed by atoms with Gasteiger partial charge in [-0.25, -0.2) is 12.7 Å². The van der Waals surface area contributed by atoms with Gasteiger partial charge >= 0.3 is 0 Å². The smallest absolute Gasteiger partial charge is 0.217 e. The van der Waals surface area contributed by atoms with Gasteiger partial charge in [-0.1, -0.05) is 27.7 Å². The lowest BCUT2D eigenvalue weighted by atomic mass is 10.3. The predicted octanol–water partition coefficient (Wildman–Crippen LogP) is 1.43. The molecule has 0 bridgehead atoms. The molecule has 0 aliphatic heterocycles. The zero-order valence-electron chi connectivity index (χ0n) is 11.2. The Morgan fingerprint density at radius 2 is 1.75 bits per heavy atom. The molecule has 0 spiro atoms. The van der Waals surface area contributed by atoms with Gasteiger partial charge in [-0.3, -0.25) is 0 Å². The number of hydrogen-bond donors (Lipinski definition) is 1. The summed E-state index contributed by atoms with van der Waals surface area (Å²) >= 11 is 0. The summed E-state index contributed by atoms with van der Waals surface area (Å²) in [6.45, 7) is 11.4. The van der Waals surface area contributed by atoms with Crippen LogP contribution < -0.4 is 5.32 Å². The van der Waals surface area contributed by atoms with E-state index in [9.17, 15) is 8.42 Å². The monoisotopic (exact) mass is 250 g/mol. The minimum absolute atomic E-state index is 0.318. The van der Waals surface area contributed by atoms with Crippen LogP contribution in [0, 0.1) is 0 Å². The predicted molar refractivity (Wildman–Crippen MR) is 69.1 cm³/mol. The van der Waals surface area contributed by atoms with E-state index in [0.717, 1.165) is 6.42 Å². The Balaban J connectivity index is 4.49. The minimum Gasteiger partial charge on any atom is -0.313 e. The lowest BCUT2D eigenvalue weighted by Crippen LogP contribution is -2.43. The van der Waals surface area contributed by atoms with Crippen molar-refractivity contribution >= 4 is 10.0 Å². The summed E-state index contributed by atoms with van der Waals surface area (Å²) in [5.74, 6) is 0. The molecule has 0 aromatic rings. The van der Waals surface area contributed by atoms with Crippen LogP contribution in [0.4, 0.5) is 0 Å². The van der Waals surface area contributed by atoms with Gasteiger partial charge < -0.3 is 5.32 Å². The second kappa shape index (κ2) is 7.25. The molecule has 0 aliphatic rings. The maximum absolute atomic E-state index is 12.2. The molecular formula is C11H26N2O2S. The lowest BCUT2D eigenvalue weighted by molar-refractivity contribution is 0.416. The van der Waals surface area contributed by atoms with Gasteiger partial charge in [0.1, 0.15) is 0 Å². The fraction of sp³-hybridized carbons (Fsp3) is 1.00. The number of hydrogen-bond acceptors (Lipinski definition) is 3. The Hall–Kier alpha value is -0.130. The SMILES string of the molecule is CCCN(CC)S(=O)(=O)C(C)CNC(C)C. The van der Waals surface area contributed by atoms with E-state index < -0.39 is 10.0 Å². The second-order valence-corrected chi connectivity index (χ2v) is 6.76. The summed E-state index contributed by atoms with van der Waals surface area (Å²) in [7, 11) is -3.14. The average molecular weight is 250 g/mol. The molecule has 0 aromatic heterocycles. The molecule has 5 heteroatoms. The van der Waals surface area contributed by atoms with Gasteiger partial charge in [0, 0.05) is 25.7 Å². The molecular weight excluding hydrogens is 224 g/mol. The standard InChI is InChI=1S/C11H26N2O2S/c1-6-8-13(7-2)16(14,15)11(5)9-12-10(3)4/h10-12H,6-9H2,1-5H3. The van der Waals surface area contributed by atoms with E-state index in [0.29, 0.717) is 25.7 Å². The van der Waals surface area contributed by atoms with Crippen LogP contribution in [0.2, 0.25) is 0 Å². The molecule has 16 heavy (non-hydrogen) atoms. The van der Waals surface area contributed by atoms with Crippen molar-refractivity contribution in [3.63, 3.8) is 0 Å². The third-order valence-electron chi connectivity index (χ3n) is 2.51. The molecule has 0 saturated heterocycles. The van der Waals surface area contributed by atoms with Crippen LogP contribution in [0.3, 0.4) is 0 Å². The van der Waals surface area contributed by atoms with Gasteiger partial charge in [0.05, 0.1) is 5.25 Å². The van der Waals surface area contributed by atoms with Crippen molar-refractivity contribution in [2.24, 2.45) is 0 Å². The number of rotatable bonds is 8. The van der Waals surface area contributed by atoms with Gasteiger partial charge in [0.15, 0.2) is 0 Å². The highest BCUT2D eigenvalue weighted by Crippen LogP contribution is 2.09. The molecule has 0 amide bonds. The van der Waals surface area contributed by atoms with Crippen LogP contribution >= 0.6 is 0 Å². The number of nitrogens with one attached hydrogen (secondary N) is 1. The van der Waals surface area contributed by atoms with Gasteiger partial charge in [-0.15, -0.1) is 0 Å². The first kappa shape index (κ1) is 15.9. The van der Waals surface area contributed by atoms with Crippen LogP contribution in [0.25, 0.3) is 0 Å². The third kappa shape index (κ3) is 4.80. The summed E-state index contributed by atoms with van der Waals surface area (Å²) in [5.41, 5.74) is 0. The zero-order valence-corrected chi connectivity index (χ0v) is 12.0. The molecule has 0 radical (unpaired) electrons. The Morgan fingerprint density at radius 3 is 2.12 bits per heavy atom. The van der Waals surface area contributed by atoms with E-state index in [1.165, 1.54) is 0 Å². The molecule has 1 unspecified atom stereocenters. The fourth-order valence-corrected chi connectivity index (χ4v) is 3.09. The molecule has 0 aliphatic carbocycles. The fourth-order valence-electron chi connectivity index (χ4n) is 1.48. The summed E-state index contributed by atoms with van der Waals surface area (Å²) < 4.78 is 25.9. The normalized spacial score (nSPS) is 14.7. The van der Waals surface area contributed by atoms with Crippen molar-refractivity contribution < 1.29 is 8.42 Å². The van der Waals surface area contributed by atoms with Crippen molar-refractivity contribution in [1.82, 2.24) is 9.62 Å².